The number of nitrogens with one attached hydrogen (secondary N) is 1. The fourth-order valence-corrected chi connectivity index (χ4v) is 2.04. The molecule has 2 rings (SSSR count). The van der Waals surface area contributed by atoms with Gasteiger partial charge in [0.15, 0.2) is 11.3 Å². The molecular weight excluding hydrogens is 360 g/mol. The van der Waals surface area contributed by atoms with E-state index in [-0.39, 0.29) is 23.6 Å². The summed E-state index contributed by atoms with van der Waals surface area (Å²) in [4.78, 5) is 26.9. The van der Waals surface area contributed by atoms with Crippen LogP contribution in [0.3, 0.4) is 0 Å². The highest BCUT2D eigenvalue weighted by molar-refractivity contribution is 5.95. The minimum absolute atomic E-state index is 0.126. The Bertz CT molecular complexity index is 864. The molecule has 2 aromatic heterocycles. The summed E-state index contributed by atoms with van der Waals surface area (Å²) in [6.07, 6.45) is -5.13. The first-order chi connectivity index (χ1) is 12.2. The Hall–Kier alpha value is -2.98. The molecule has 0 spiro atoms. The third-order valence-electron chi connectivity index (χ3n) is 3.09. The molecule has 0 aliphatic carbocycles. The van der Waals surface area contributed by atoms with Gasteiger partial charge < -0.3 is 10.1 Å². The Morgan fingerprint density at radius 1 is 1.27 bits per heavy atom. The van der Waals surface area contributed by atoms with Crippen LogP contribution in [0.1, 0.15) is 48.6 Å². The second-order valence-corrected chi connectivity index (χ2v) is 5.04. The molecule has 0 saturated heterocycles. The number of halogens is 4. The SMILES string of the molecule is CCOC(=O)/C=C(\C)NC(=O)c1cc2nc(C(F)F)cc(C(F)F)n2n1. The third kappa shape index (κ3) is 4.35. The van der Waals surface area contributed by atoms with Gasteiger partial charge >= 0.3 is 5.97 Å². The van der Waals surface area contributed by atoms with Gasteiger partial charge in [0.1, 0.15) is 11.4 Å². The second kappa shape index (κ2) is 7.93. The molecule has 2 aromatic rings. The highest BCUT2D eigenvalue weighted by Gasteiger charge is 2.22. The van der Waals surface area contributed by atoms with Crippen LogP contribution in [-0.2, 0) is 9.53 Å². The summed E-state index contributed by atoms with van der Waals surface area (Å²) in [5.41, 5.74) is -2.19. The normalized spacial score (nSPS) is 12.1. The molecule has 1 N–H and O–H groups in total. The molecule has 0 saturated carbocycles. The molecule has 0 atom stereocenters. The topological polar surface area (TPSA) is 85.6 Å². The number of rotatable bonds is 6. The largest absolute Gasteiger partial charge is 0.463 e. The molecule has 0 radical (unpaired) electrons. The molecular formula is C15H14F4N4O3. The van der Waals surface area contributed by atoms with E-state index >= 15 is 0 Å². The maximum Gasteiger partial charge on any atom is 0.332 e. The molecule has 140 valence electrons. The first-order valence-electron chi connectivity index (χ1n) is 7.36. The van der Waals surface area contributed by atoms with Gasteiger partial charge in [-0.25, -0.2) is 31.9 Å². The Balaban J connectivity index is 2.34. The molecule has 0 aromatic carbocycles. The number of fused-ring (bicyclic) bond motifs is 1. The van der Waals surface area contributed by atoms with E-state index in [4.69, 9.17) is 0 Å². The van der Waals surface area contributed by atoms with E-state index in [1.54, 1.807) is 6.92 Å². The molecule has 11 heteroatoms. The summed E-state index contributed by atoms with van der Waals surface area (Å²) in [7, 11) is 0. The maximum absolute atomic E-state index is 13.1. The lowest BCUT2D eigenvalue weighted by Crippen LogP contribution is -2.23. The number of carbonyl (C=O) groups is 2. The summed E-state index contributed by atoms with van der Waals surface area (Å²) >= 11 is 0. The van der Waals surface area contributed by atoms with Crippen LogP contribution >= 0.6 is 0 Å². The van der Waals surface area contributed by atoms with Crippen molar-refractivity contribution in [1.82, 2.24) is 19.9 Å². The van der Waals surface area contributed by atoms with Gasteiger partial charge in [-0.1, -0.05) is 0 Å². The van der Waals surface area contributed by atoms with Crippen molar-refractivity contribution in [3.05, 3.63) is 41.0 Å². The van der Waals surface area contributed by atoms with Crippen LogP contribution in [0.4, 0.5) is 17.6 Å². The molecule has 2 heterocycles. The van der Waals surface area contributed by atoms with Crippen LogP contribution in [0.25, 0.3) is 5.65 Å². The summed E-state index contributed by atoms with van der Waals surface area (Å²) < 4.78 is 57.0. The van der Waals surface area contributed by atoms with Crippen molar-refractivity contribution in [1.29, 1.82) is 0 Å². The second-order valence-electron chi connectivity index (χ2n) is 5.04. The maximum atomic E-state index is 13.1. The average molecular weight is 374 g/mol. The van der Waals surface area contributed by atoms with Crippen molar-refractivity contribution in [2.24, 2.45) is 0 Å². The predicted octanol–water partition coefficient (Wildman–Crippen LogP) is 2.80. The molecule has 0 aliphatic heterocycles. The first kappa shape index (κ1) is 19.3. The van der Waals surface area contributed by atoms with Gasteiger partial charge in [-0.05, 0) is 19.9 Å². The molecule has 0 aliphatic rings. The molecule has 1 amide bonds. The molecule has 7 nitrogen and oxygen atoms in total. The number of ether oxygens (including phenoxy) is 1. The average Bonchev–Trinajstić information content (AvgIpc) is 2.97. The number of nitrogens with zero attached hydrogens (tertiary/aromatic N) is 3. The summed E-state index contributed by atoms with van der Waals surface area (Å²) in [5, 5.41) is 5.99. The van der Waals surface area contributed by atoms with Gasteiger partial charge in [0.25, 0.3) is 18.8 Å². The Morgan fingerprint density at radius 3 is 2.54 bits per heavy atom. The number of hydrogen-bond donors (Lipinski definition) is 1. The van der Waals surface area contributed by atoms with Crippen molar-refractivity contribution >= 4 is 17.5 Å². The van der Waals surface area contributed by atoms with Gasteiger partial charge in [-0.2, -0.15) is 5.10 Å². The van der Waals surface area contributed by atoms with Crippen molar-refractivity contribution < 1.29 is 31.9 Å². The predicted molar refractivity (Wildman–Crippen MR) is 80.8 cm³/mol. The quantitative estimate of drug-likeness (QED) is 0.477. The Labute approximate surface area is 144 Å². The summed E-state index contributed by atoms with van der Waals surface area (Å²) in [6.45, 7) is 3.16. The molecule has 0 bridgehead atoms. The van der Waals surface area contributed by atoms with Gasteiger partial charge in [-0.15, -0.1) is 0 Å². The highest BCUT2D eigenvalue weighted by Crippen LogP contribution is 2.25. The van der Waals surface area contributed by atoms with Crippen LogP contribution in [0.5, 0.6) is 0 Å². The van der Waals surface area contributed by atoms with Crippen molar-refractivity contribution in [3.8, 4) is 0 Å². The number of hydrogen-bond acceptors (Lipinski definition) is 5. The van der Waals surface area contributed by atoms with Crippen molar-refractivity contribution in [2.75, 3.05) is 6.61 Å². The fraction of sp³-hybridized carbons (Fsp3) is 0.333. The van der Waals surface area contributed by atoms with Crippen LogP contribution in [0, 0.1) is 0 Å². The lowest BCUT2D eigenvalue weighted by atomic mass is 10.3. The number of aromatic nitrogens is 3. The first-order valence-corrected chi connectivity index (χ1v) is 7.36. The molecule has 26 heavy (non-hydrogen) atoms. The van der Waals surface area contributed by atoms with Gasteiger partial charge in [0.05, 0.1) is 6.61 Å². The smallest absolute Gasteiger partial charge is 0.332 e. The lowest BCUT2D eigenvalue weighted by molar-refractivity contribution is -0.137. The molecule has 0 unspecified atom stereocenters. The van der Waals surface area contributed by atoms with E-state index in [1.165, 1.54) is 6.92 Å². The van der Waals surface area contributed by atoms with Gasteiger partial charge in [0, 0.05) is 17.8 Å². The van der Waals surface area contributed by atoms with E-state index in [1.807, 2.05) is 0 Å². The Morgan fingerprint density at radius 2 is 1.96 bits per heavy atom. The number of carbonyl (C=O) groups excluding carboxylic acids is 2. The van der Waals surface area contributed by atoms with E-state index in [2.05, 4.69) is 20.1 Å². The number of esters is 1. The number of allylic oxidation sites excluding steroid dienone is 1. The minimum atomic E-state index is -3.10. The number of alkyl halides is 4. The minimum Gasteiger partial charge on any atom is -0.463 e. The molecule has 0 fully saturated rings. The van der Waals surface area contributed by atoms with E-state index < -0.39 is 36.1 Å². The summed E-state index contributed by atoms with van der Waals surface area (Å²) in [5.74, 6) is -1.50. The van der Waals surface area contributed by atoms with Crippen LogP contribution in [0.15, 0.2) is 23.9 Å². The van der Waals surface area contributed by atoms with E-state index in [9.17, 15) is 27.2 Å². The van der Waals surface area contributed by atoms with Gasteiger partial charge in [-0.3, -0.25) is 4.79 Å². The lowest BCUT2D eigenvalue weighted by Gasteiger charge is -2.06. The van der Waals surface area contributed by atoms with Crippen LogP contribution in [0.2, 0.25) is 0 Å². The van der Waals surface area contributed by atoms with Crippen molar-refractivity contribution in [3.63, 3.8) is 0 Å². The van der Waals surface area contributed by atoms with Crippen molar-refractivity contribution in [2.45, 2.75) is 26.7 Å². The monoisotopic (exact) mass is 374 g/mol. The third-order valence-corrected chi connectivity index (χ3v) is 3.09. The van der Waals surface area contributed by atoms with Crippen LogP contribution < -0.4 is 5.32 Å². The zero-order valence-electron chi connectivity index (χ0n) is 13.7. The van der Waals surface area contributed by atoms with Gasteiger partial charge in [0.2, 0.25) is 0 Å². The summed E-state index contributed by atoms with van der Waals surface area (Å²) in [6, 6.07) is 1.52. The zero-order valence-corrected chi connectivity index (χ0v) is 13.7. The zero-order chi connectivity index (χ0) is 19.4. The van der Waals surface area contributed by atoms with E-state index in [0.29, 0.717) is 10.6 Å². The standard InChI is InChI=1S/C15H14F4N4O3/c1-3-26-12(24)4-7(2)20-15(25)9-6-11-21-8(13(16)17)5-10(14(18)19)23(11)22-9/h4-6,13-14H,3H2,1-2H3,(H,20,25)/b7-4+. The number of amides is 1. The fourth-order valence-electron chi connectivity index (χ4n) is 2.04. The Kier molecular flexibility index (Phi) is 5.90. The highest BCUT2D eigenvalue weighted by atomic mass is 19.3. The van der Waals surface area contributed by atoms with Crippen LogP contribution in [-0.4, -0.2) is 33.1 Å². The van der Waals surface area contributed by atoms with E-state index in [0.717, 1.165) is 12.1 Å².